The average Bonchev–Trinajstić information content (AvgIpc) is 3.01. The molecule has 0 spiro atoms. The lowest BCUT2D eigenvalue weighted by Gasteiger charge is -2.31. The van der Waals surface area contributed by atoms with Crippen LogP contribution >= 0.6 is 0 Å². The minimum absolute atomic E-state index is 0.180. The van der Waals surface area contributed by atoms with Crippen LogP contribution in [-0.2, 0) is 14.3 Å². The van der Waals surface area contributed by atoms with Gasteiger partial charge >= 0.3 is 11.9 Å². The molecule has 0 amide bonds. The standard InChI is InChI=1S/C18H25NO5/c1-17(2,3)24-16(21)18(10-5-11-19-18)12-23-14-8-6-13(7-9-14)15(20)22-4/h6-9,19H,5,10-12H2,1-4H3/t18-/m0/s1. The molecule has 0 radical (unpaired) electrons. The molecule has 1 saturated heterocycles. The maximum atomic E-state index is 12.6. The molecule has 6 heteroatoms. The molecule has 1 aromatic carbocycles. The first kappa shape index (κ1) is 18.3. The number of hydrogen-bond donors (Lipinski definition) is 1. The molecular weight excluding hydrogens is 310 g/mol. The van der Waals surface area contributed by atoms with Gasteiger partial charge in [0, 0.05) is 0 Å². The summed E-state index contributed by atoms with van der Waals surface area (Å²) in [5.41, 5.74) is -0.921. The maximum absolute atomic E-state index is 12.6. The Morgan fingerprint density at radius 3 is 2.38 bits per heavy atom. The van der Waals surface area contributed by atoms with Crippen LogP contribution in [0.5, 0.6) is 5.75 Å². The molecule has 1 heterocycles. The Morgan fingerprint density at radius 2 is 1.88 bits per heavy atom. The van der Waals surface area contributed by atoms with E-state index in [1.165, 1.54) is 7.11 Å². The number of carbonyl (C=O) groups is 2. The van der Waals surface area contributed by atoms with Gasteiger partial charge < -0.3 is 14.2 Å². The van der Waals surface area contributed by atoms with Crippen LogP contribution in [0.15, 0.2) is 24.3 Å². The van der Waals surface area contributed by atoms with Gasteiger partial charge in [-0.15, -0.1) is 0 Å². The normalized spacial score (nSPS) is 20.5. The highest BCUT2D eigenvalue weighted by Gasteiger charge is 2.44. The predicted octanol–water partition coefficient (Wildman–Crippen LogP) is 2.32. The second-order valence-electron chi connectivity index (χ2n) is 6.92. The molecule has 1 N–H and O–H groups in total. The number of benzene rings is 1. The second-order valence-corrected chi connectivity index (χ2v) is 6.92. The van der Waals surface area contributed by atoms with E-state index in [1.54, 1.807) is 24.3 Å². The lowest BCUT2D eigenvalue weighted by atomic mass is 9.98. The molecule has 0 saturated carbocycles. The summed E-state index contributed by atoms with van der Waals surface area (Å²) in [4.78, 5) is 24.0. The number of ether oxygens (including phenoxy) is 3. The van der Waals surface area contributed by atoms with Crippen molar-refractivity contribution in [1.82, 2.24) is 5.32 Å². The van der Waals surface area contributed by atoms with Gasteiger partial charge in [-0.1, -0.05) is 0 Å². The number of carbonyl (C=O) groups excluding carboxylic acids is 2. The number of nitrogens with one attached hydrogen (secondary N) is 1. The summed E-state index contributed by atoms with van der Waals surface area (Å²) < 4.78 is 16.0. The van der Waals surface area contributed by atoms with E-state index >= 15 is 0 Å². The summed E-state index contributed by atoms with van der Waals surface area (Å²) >= 11 is 0. The average molecular weight is 335 g/mol. The van der Waals surface area contributed by atoms with Crippen molar-refractivity contribution in [1.29, 1.82) is 0 Å². The molecule has 0 aromatic heterocycles. The zero-order chi connectivity index (χ0) is 17.8. The molecule has 1 aliphatic heterocycles. The van der Waals surface area contributed by atoms with Gasteiger partial charge in [-0.25, -0.2) is 9.59 Å². The zero-order valence-electron chi connectivity index (χ0n) is 14.7. The van der Waals surface area contributed by atoms with Crippen LogP contribution in [0, 0.1) is 0 Å². The van der Waals surface area contributed by atoms with Crippen molar-refractivity contribution in [3.05, 3.63) is 29.8 Å². The Hall–Kier alpha value is -2.08. The summed E-state index contributed by atoms with van der Waals surface area (Å²) in [6, 6.07) is 6.63. The van der Waals surface area contributed by atoms with Gasteiger partial charge in [0.15, 0.2) is 5.54 Å². The molecule has 1 aromatic rings. The Labute approximate surface area is 142 Å². The van der Waals surface area contributed by atoms with Crippen molar-refractivity contribution in [2.45, 2.75) is 44.8 Å². The zero-order valence-corrected chi connectivity index (χ0v) is 14.7. The van der Waals surface area contributed by atoms with Crippen molar-refractivity contribution in [2.75, 3.05) is 20.3 Å². The quantitative estimate of drug-likeness (QED) is 0.833. The molecule has 6 nitrogen and oxygen atoms in total. The summed E-state index contributed by atoms with van der Waals surface area (Å²) in [6.07, 6.45) is 1.56. The first-order chi connectivity index (χ1) is 11.3. The van der Waals surface area contributed by atoms with E-state index in [9.17, 15) is 9.59 Å². The molecule has 1 fully saturated rings. The van der Waals surface area contributed by atoms with Crippen LogP contribution in [0.2, 0.25) is 0 Å². The van der Waals surface area contributed by atoms with E-state index in [4.69, 9.17) is 9.47 Å². The molecule has 0 unspecified atom stereocenters. The Kier molecular flexibility index (Phi) is 5.49. The van der Waals surface area contributed by atoms with E-state index in [-0.39, 0.29) is 12.6 Å². The number of hydrogen-bond acceptors (Lipinski definition) is 6. The summed E-state index contributed by atoms with van der Waals surface area (Å²) in [5, 5.41) is 3.23. The van der Waals surface area contributed by atoms with Crippen molar-refractivity contribution < 1.29 is 23.8 Å². The molecular formula is C18H25NO5. The molecule has 0 aliphatic carbocycles. The Balaban J connectivity index is 2.04. The van der Waals surface area contributed by atoms with Gasteiger partial charge in [0.1, 0.15) is 18.0 Å². The highest BCUT2D eigenvalue weighted by atomic mass is 16.6. The molecule has 1 aliphatic rings. The largest absolute Gasteiger partial charge is 0.491 e. The predicted molar refractivity (Wildman–Crippen MR) is 89.1 cm³/mol. The molecule has 2 rings (SSSR count). The van der Waals surface area contributed by atoms with Crippen molar-refractivity contribution in [2.24, 2.45) is 0 Å². The van der Waals surface area contributed by atoms with Crippen LogP contribution < -0.4 is 10.1 Å². The number of methoxy groups -OCH3 is 1. The Bertz CT molecular complexity index is 582. The first-order valence-corrected chi connectivity index (χ1v) is 8.05. The van der Waals surface area contributed by atoms with E-state index in [2.05, 4.69) is 10.1 Å². The van der Waals surface area contributed by atoms with Gasteiger partial charge in [0.2, 0.25) is 0 Å². The summed E-state index contributed by atoms with van der Waals surface area (Å²) in [7, 11) is 1.34. The van der Waals surface area contributed by atoms with Crippen LogP contribution in [0.25, 0.3) is 0 Å². The fraction of sp³-hybridized carbons (Fsp3) is 0.556. The van der Waals surface area contributed by atoms with Gasteiger partial charge in [-0.05, 0) is 64.4 Å². The molecule has 0 bridgehead atoms. The first-order valence-electron chi connectivity index (χ1n) is 8.05. The highest BCUT2D eigenvalue weighted by molar-refractivity contribution is 5.89. The van der Waals surface area contributed by atoms with Gasteiger partial charge in [-0.2, -0.15) is 0 Å². The van der Waals surface area contributed by atoms with E-state index in [0.717, 1.165) is 13.0 Å². The van der Waals surface area contributed by atoms with E-state index in [1.807, 2.05) is 20.8 Å². The van der Waals surface area contributed by atoms with E-state index in [0.29, 0.717) is 17.7 Å². The third-order valence-corrected chi connectivity index (χ3v) is 3.79. The van der Waals surface area contributed by atoms with Crippen LogP contribution in [-0.4, -0.2) is 43.3 Å². The smallest absolute Gasteiger partial charge is 0.337 e. The van der Waals surface area contributed by atoms with Crippen molar-refractivity contribution >= 4 is 11.9 Å². The lowest BCUT2D eigenvalue weighted by Crippen LogP contribution is -2.54. The van der Waals surface area contributed by atoms with Gasteiger partial charge in [0.05, 0.1) is 12.7 Å². The summed E-state index contributed by atoms with van der Waals surface area (Å²) in [5.74, 6) is -0.109. The van der Waals surface area contributed by atoms with Crippen molar-refractivity contribution in [3.63, 3.8) is 0 Å². The minimum atomic E-state index is -0.825. The SMILES string of the molecule is COC(=O)c1ccc(OC[C@]2(C(=O)OC(C)(C)C)CCCN2)cc1. The van der Waals surface area contributed by atoms with Crippen LogP contribution in [0.1, 0.15) is 44.0 Å². The number of rotatable bonds is 5. The summed E-state index contributed by atoms with van der Waals surface area (Å²) in [6.45, 7) is 6.48. The topological polar surface area (TPSA) is 73.9 Å². The fourth-order valence-corrected chi connectivity index (χ4v) is 2.55. The van der Waals surface area contributed by atoms with Crippen LogP contribution in [0.4, 0.5) is 0 Å². The second kappa shape index (κ2) is 7.21. The minimum Gasteiger partial charge on any atom is -0.491 e. The van der Waals surface area contributed by atoms with Gasteiger partial charge in [0.25, 0.3) is 0 Å². The van der Waals surface area contributed by atoms with Crippen LogP contribution in [0.3, 0.4) is 0 Å². The maximum Gasteiger partial charge on any atom is 0.337 e. The molecule has 24 heavy (non-hydrogen) atoms. The third kappa shape index (κ3) is 4.47. The lowest BCUT2D eigenvalue weighted by molar-refractivity contribution is -0.164. The highest BCUT2D eigenvalue weighted by Crippen LogP contribution is 2.25. The Morgan fingerprint density at radius 1 is 1.21 bits per heavy atom. The fourth-order valence-electron chi connectivity index (χ4n) is 2.55. The number of esters is 2. The molecule has 132 valence electrons. The monoisotopic (exact) mass is 335 g/mol. The molecule has 1 atom stereocenters. The third-order valence-electron chi connectivity index (χ3n) is 3.79. The van der Waals surface area contributed by atoms with E-state index < -0.39 is 17.1 Å². The van der Waals surface area contributed by atoms with Gasteiger partial charge in [-0.3, -0.25) is 5.32 Å². The van der Waals surface area contributed by atoms with Crippen molar-refractivity contribution in [3.8, 4) is 5.75 Å².